The molecule has 0 aromatic heterocycles. The zero-order valence-corrected chi connectivity index (χ0v) is 42.2. The van der Waals surface area contributed by atoms with Crippen LogP contribution in [0.15, 0.2) is 85.1 Å². The van der Waals surface area contributed by atoms with Crippen molar-refractivity contribution in [2.24, 2.45) is 0 Å². The molecular weight excluding hydrogens is 901 g/mol. The average molecular weight is 991 g/mol. The van der Waals surface area contributed by atoms with Gasteiger partial charge in [0, 0.05) is 12.8 Å². The van der Waals surface area contributed by atoms with E-state index in [9.17, 15) is 45.3 Å². The highest BCUT2D eigenvalue weighted by atomic mass is 16.7. The second-order valence-electron chi connectivity index (χ2n) is 18.0. The third-order valence-electron chi connectivity index (χ3n) is 11.8. The lowest BCUT2D eigenvalue weighted by Crippen LogP contribution is -2.61. The molecule has 2 heterocycles. The summed E-state index contributed by atoms with van der Waals surface area (Å²) in [6, 6.07) is 0. The van der Waals surface area contributed by atoms with Crippen LogP contribution in [0.4, 0.5) is 0 Å². The Hall–Kier alpha value is -3.32. The van der Waals surface area contributed by atoms with Crippen molar-refractivity contribution in [3.05, 3.63) is 85.1 Å². The van der Waals surface area contributed by atoms with Crippen LogP contribution in [0.25, 0.3) is 0 Å². The summed E-state index contributed by atoms with van der Waals surface area (Å²) in [5.74, 6) is -1.03. The van der Waals surface area contributed by atoms with Crippen LogP contribution in [0, 0.1) is 0 Å². The summed E-state index contributed by atoms with van der Waals surface area (Å²) in [6.07, 6.45) is 33.3. The lowest BCUT2D eigenvalue weighted by atomic mass is 9.98. The Morgan fingerprint density at radius 2 is 0.900 bits per heavy atom. The van der Waals surface area contributed by atoms with Gasteiger partial charge in [-0.3, -0.25) is 9.59 Å². The minimum absolute atomic E-state index is 0.0815. The van der Waals surface area contributed by atoms with Gasteiger partial charge in [0.2, 0.25) is 0 Å². The Balaban J connectivity index is 1.85. The number of hydrogen-bond donors (Lipinski definition) is 7. The number of unbranched alkanes of at least 4 members (excludes halogenated alkanes) is 11. The topological polar surface area (TPSA) is 231 Å². The third kappa shape index (κ3) is 28.7. The summed E-state index contributed by atoms with van der Waals surface area (Å²) < 4.78 is 33.5. The maximum absolute atomic E-state index is 13.0. The fourth-order valence-electron chi connectivity index (χ4n) is 7.52. The number of hydrogen-bond acceptors (Lipinski definition) is 15. The molecule has 0 spiro atoms. The maximum atomic E-state index is 13.0. The van der Waals surface area contributed by atoms with E-state index in [4.69, 9.17) is 28.4 Å². The average Bonchev–Trinajstić information content (AvgIpc) is 3.35. The number of allylic oxidation sites excluding steroid dienone is 14. The van der Waals surface area contributed by atoms with Gasteiger partial charge in [0.15, 0.2) is 18.7 Å². The maximum Gasteiger partial charge on any atom is 0.306 e. The standard InChI is InChI=1S/C55H90O15/c1-3-5-7-9-11-13-15-17-19-21-23-25-27-29-31-33-35-37-46(57)65-40-43(68-47(58)38-36-34-32-30-28-26-24-22-20-18-16-14-12-10-8-6-4-2)41-66-54-53(64)51(62)49(60)45(70-54)42-67-55-52(63)50(61)48(59)44(39-56)69-55/h7,9,13,15,18-21,24-27,30,32,43-45,48-56,59-64H,3-6,8,10-12,14,16-17,22-23,28-29,31,33-42H2,1-2H3/b9-7+,15-13+,20-18+,21-19+,26-24+,27-25+,32-30+/t43-,44+,45+,48-,49-,50?,51?,52?,53?,54+,55+/m0/s1. The van der Waals surface area contributed by atoms with Crippen LogP contribution in [0.5, 0.6) is 0 Å². The van der Waals surface area contributed by atoms with Gasteiger partial charge in [-0.05, 0) is 83.5 Å². The van der Waals surface area contributed by atoms with E-state index in [1.54, 1.807) is 0 Å². The van der Waals surface area contributed by atoms with Crippen LogP contribution in [-0.4, -0.2) is 142 Å². The van der Waals surface area contributed by atoms with Gasteiger partial charge in [0.05, 0.1) is 19.8 Å². The van der Waals surface area contributed by atoms with Gasteiger partial charge in [-0.1, -0.05) is 144 Å². The minimum atomic E-state index is -1.78. The summed E-state index contributed by atoms with van der Waals surface area (Å²) in [6.45, 7) is 2.41. The molecule has 2 fully saturated rings. The molecule has 7 N–H and O–H groups in total. The normalized spacial score (nSPS) is 26.1. The van der Waals surface area contributed by atoms with E-state index in [1.807, 2.05) is 12.2 Å². The van der Waals surface area contributed by atoms with Crippen LogP contribution in [0.2, 0.25) is 0 Å². The molecule has 0 radical (unpaired) electrons. The van der Waals surface area contributed by atoms with Crippen molar-refractivity contribution in [1.29, 1.82) is 0 Å². The molecule has 70 heavy (non-hydrogen) atoms. The van der Waals surface area contributed by atoms with Gasteiger partial charge in [-0.15, -0.1) is 0 Å². The molecule has 2 aliphatic heterocycles. The number of aliphatic hydroxyl groups is 7. The van der Waals surface area contributed by atoms with Gasteiger partial charge in [0.25, 0.3) is 0 Å². The molecule has 0 amide bonds. The predicted octanol–water partition coefficient (Wildman–Crippen LogP) is 7.60. The molecule has 15 heteroatoms. The van der Waals surface area contributed by atoms with Crippen molar-refractivity contribution >= 4 is 11.9 Å². The number of esters is 2. The highest BCUT2D eigenvalue weighted by Gasteiger charge is 2.47. The molecule has 0 saturated carbocycles. The lowest BCUT2D eigenvalue weighted by molar-refractivity contribution is -0.332. The SMILES string of the molecule is CCC/C=C/C/C=C/C/C=C/C/C=C/CCCCCC(=O)OC[C@@H](CO[C@@H]1O[C@H](CO[C@@H]2O[C@H](CO)[C@H](O)C(O)C2O)[C@H](O)C(O)C1O)OC(=O)CCC/C=C/C/C=C/C/C=C/CCCCCCCC. The first-order valence-electron chi connectivity index (χ1n) is 26.2. The minimum Gasteiger partial charge on any atom is -0.462 e. The number of rotatable bonds is 39. The van der Waals surface area contributed by atoms with E-state index in [2.05, 4.69) is 86.8 Å². The second-order valence-corrected chi connectivity index (χ2v) is 18.0. The van der Waals surface area contributed by atoms with Crippen molar-refractivity contribution in [2.45, 2.75) is 223 Å². The summed E-state index contributed by atoms with van der Waals surface area (Å²) in [7, 11) is 0. The first-order chi connectivity index (χ1) is 34.0. The first-order valence-corrected chi connectivity index (χ1v) is 26.2. The van der Waals surface area contributed by atoms with Gasteiger partial charge >= 0.3 is 11.9 Å². The highest BCUT2D eigenvalue weighted by Crippen LogP contribution is 2.26. The van der Waals surface area contributed by atoms with Crippen molar-refractivity contribution in [1.82, 2.24) is 0 Å². The van der Waals surface area contributed by atoms with Crippen LogP contribution in [-0.2, 0) is 38.0 Å². The Morgan fingerprint density at radius 3 is 1.44 bits per heavy atom. The van der Waals surface area contributed by atoms with E-state index < -0.39 is 99.3 Å². The monoisotopic (exact) mass is 991 g/mol. The fraction of sp³-hybridized carbons (Fsp3) is 0.709. The van der Waals surface area contributed by atoms with E-state index in [0.29, 0.717) is 19.3 Å². The van der Waals surface area contributed by atoms with Crippen LogP contribution in [0.3, 0.4) is 0 Å². The molecule has 400 valence electrons. The van der Waals surface area contributed by atoms with Crippen LogP contribution in [0.1, 0.15) is 155 Å². The van der Waals surface area contributed by atoms with Crippen LogP contribution >= 0.6 is 0 Å². The largest absolute Gasteiger partial charge is 0.462 e. The van der Waals surface area contributed by atoms with Crippen LogP contribution < -0.4 is 0 Å². The Kier molecular flexibility index (Phi) is 36.9. The summed E-state index contributed by atoms with van der Waals surface area (Å²) >= 11 is 0. The molecule has 0 bridgehead atoms. The molecule has 2 saturated heterocycles. The smallest absolute Gasteiger partial charge is 0.306 e. The molecule has 11 atom stereocenters. The zero-order chi connectivity index (χ0) is 51.0. The molecule has 2 aliphatic rings. The Morgan fingerprint density at radius 1 is 0.457 bits per heavy atom. The number of carbonyl (C=O) groups is 2. The lowest BCUT2D eigenvalue weighted by Gasteiger charge is -2.42. The van der Waals surface area contributed by atoms with Gasteiger partial charge < -0.3 is 64.2 Å². The first kappa shape index (κ1) is 62.8. The van der Waals surface area contributed by atoms with Crippen molar-refractivity contribution < 1.29 is 73.8 Å². The highest BCUT2D eigenvalue weighted by molar-refractivity contribution is 5.70. The molecule has 15 nitrogen and oxygen atoms in total. The second kappa shape index (κ2) is 41.2. The predicted molar refractivity (Wildman–Crippen MR) is 270 cm³/mol. The molecule has 0 aromatic rings. The summed E-state index contributed by atoms with van der Waals surface area (Å²) in [4.78, 5) is 25.8. The van der Waals surface area contributed by atoms with Gasteiger partial charge in [0.1, 0.15) is 55.4 Å². The molecule has 0 aliphatic carbocycles. The quantitative estimate of drug-likeness (QED) is 0.0179. The van der Waals surface area contributed by atoms with Crippen molar-refractivity contribution in [3.8, 4) is 0 Å². The van der Waals surface area contributed by atoms with E-state index in [-0.39, 0.29) is 19.4 Å². The third-order valence-corrected chi connectivity index (χ3v) is 11.8. The Bertz CT molecular complexity index is 1540. The molecule has 4 unspecified atom stereocenters. The number of aliphatic hydroxyl groups excluding tert-OH is 7. The molecule has 2 rings (SSSR count). The Labute approximate surface area is 418 Å². The zero-order valence-electron chi connectivity index (χ0n) is 42.2. The molecular formula is C55H90O15. The summed E-state index contributed by atoms with van der Waals surface area (Å²) in [5.41, 5.74) is 0. The van der Waals surface area contributed by atoms with Crippen molar-refractivity contribution in [2.75, 3.05) is 26.4 Å². The summed E-state index contributed by atoms with van der Waals surface area (Å²) in [5, 5.41) is 72.1. The number of ether oxygens (including phenoxy) is 6. The van der Waals surface area contributed by atoms with Crippen molar-refractivity contribution in [3.63, 3.8) is 0 Å². The van der Waals surface area contributed by atoms with E-state index in [1.165, 1.54) is 44.9 Å². The van der Waals surface area contributed by atoms with E-state index in [0.717, 1.165) is 64.2 Å². The molecule has 0 aromatic carbocycles. The fourth-order valence-corrected chi connectivity index (χ4v) is 7.52. The van der Waals surface area contributed by atoms with E-state index >= 15 is 0 Å². The van der Waals surface area contributed by atoms with Gasteiger partial charge in [-0.2, -0.15) is 0 Å². The van der Waals surface area contributed by atoms with Gasteiger partial charge in [-0.25, -0.2) is 0 Å². The number of carbonyl (C=O) groups excluding carboxylic acids is 2.